The first-order valence-electron chi connectivity index (χ1n) is 14.5. The minimum atomic E-state index is -1.13. The van der Waals surface area contributed by atoms with Crippen LogP contribution in [0.25, 0.3) is 5.70 Å². The van der Waals surface area contributed by atoms with Gasteiger partial charge in [0, 0.05) is 42.3 Å². The molecule has 226 valence electrons. The lowest BCUT2D eigenvalue weighted by atomic mass is 9.81. The Morgan fingerprint density at radius 1 is 0.977 bits per heavy atom. The molecule has 0 radical (unpaired) electrons. The number of carboxylic acid groups (broad SMARTS) is 1. The number of aromatic hydroxyl groups is 2. The minimum Gasteiger partial charge on any atom is -0.507 e. The number of nitrogens with zero attached hydrogens (tertiary/aromatic N) is 1. The fraction of sp³-hybridized carbons (Fsp3) is 0.333. The van der Waals surface area contributed by atoms with Gasteiger partial charge in [0.15, 0.2) is 0 Å². The molecule has 1 aliphatic carbocycles. The third-order valence-electron chi connectivity index (χ3n) is 7.85. The van der Waals surface area contributed by atoms with Crippen molar-refractivity contribution in [2.75, 3.05) is 11.9 Å². The first-order chi connectivity index (χ1) is 20.7. The summed E-state index contributed by atoms with van der Waals surface area (Å²) >= 11 is 0. The molecule has 4 rings (SSSR count). The molecule has 1 atom stereocenters. The van der Waals surface area contributed by atoms with Gasteiger partial charge in [0.25, 0.3) is 5.91 Å². The zero-order valence-corrected chi connectivity index (χ0v) is 24.2. The number of nitrogens with one attached hydrogen (secondary N) is 3. The maximum absolute atomic E-state index is 13.5. The van der Waals surface area contributed by atoms with Gasteiger partial charge in [0.05, 0.1) is 11.0 Å². The van der Waals surface area contributed by atoms with Crippen LogP contribution in [0.2, 0.25) is 0 Å². The van der Waals surface area contributed by atoms with E-state index in [9.17, 15) is 29.7 Å². The third kappa shape index (κ3) is 7.91. The molecule has 1 aromatic heterocycles. The zero-order valence-electron chi connectivity index (χ0n) is 24.2. The number of hydrogen-bond donors (Lipinski definition) is 6. The molecule has 1 saturated carbocycles. The highest BCUT2D eigenvalue weighted by Crippen LogP contribution is 2.41. The van der Waals surface area contributed by atoms with Crippen molar-refractivity contribution >= 4 is 29.2 Å². The van der Waals surface area contributed by atoms with Crippen LogP contribution in [0.15, 0.2) is 73.1 Å². The molecular formula is C33H38N4O6. The van der Waals surface area contributed by atoms with Crippen molar-refractivity contribution in [1.29, 1.82) is 0 Å². The first-order valence-corrected chi connectivity index (χ1v) is 14.5. The van der Waals surface area contributed by atoms with Crippen molar-refractivity contribution in [3.05, 3.63) is 89.8 Å². The third-order valence-corrected chi connectivity index (χ3v) is 7.85. The van der Waals surface area contributed by atoms with Crippen LogP contribution < -0.4 is 16.0 Å². The minimum absolute atomic E-state index is 0.0555. The van der Waals surface area contributed by atoms with Crippen LogP contribution >= 0.6 is 0 Å². The topological polar surface area (TPSA) is 161 Å². The number of pyridine rings is 1. The van der Waals surface area contributed by atoms with Crippen molar-refractivity contribution < 1.29 is 29.7 Å². The zero-order chi connectivity index (χ0) is 30.8. The van der Waals surface area contributed by atoms with Gasteiger partial charge in [-0.1, -0.05) is 44.0 Å². The summed E-state index contributed by atoms with van der Waals surface area (Å²) < 4.78 is 0. The summed E-state index contributed by atoms with van der Waals surface area (Å²) in [7, 11) is 0. The molecule has 1 fully saturated rings. The van der Waals surface area contributed by atoms with E-state index in [2.05, 4.69) is 20.9 Å². The number of phenols is 2. The fourth-order valence-corrected chi connectivity index (χ4v) is 5.51. The second-order valence-electron chi connectivity index (χ2n) is 10.8. The van der Waals surface area contributed by atoms with Gasteiger partial charge >= 0.3 is 5.97 Å². The lowest BCUT2D eigenvalue weighted by Gasteiger charge is -2.29. The van der Waals surface area contributed by atoms with Gasteiger partial charge in [-0.2, -0.15) is 0 Å². The Bertz CT molecular complexity index is 1430. The lowest BCUT2D eigenvalue weighted by Crippen LogP contribution is -2.49. The molecule has 1 unspecified atom stereocenters. The van der Waals surface area contributed by atoms with E-state index in [4.69, 9.17) is 0 Å². The van der Waals surface area contributed by atoms with E-state index >= 15 is 0 Å². The molecule has 10 heteroatoms. The van der Waals surface area contributed by atoms with Gasteiger partial charge in [-0.3, -0.25) is 14.6 Å². The Labute approximate surface area is 250 Å². The molecule has 2 aromatic carbocycles. The Morgan fingerprint density at radius 2 is 1.63 bits per heavy atom. The van der Waals surface area contributed by atoms with Gasteiger partial charge in [-0.25, -0.2) is 4.79 Å². The maximum atomic E-state index is 13.5. The van der Waals surface area contributed by atoms with Crippen LogP contribution in [0, 0.1) is 5.41 Å². The largest absolute Gasteiger partial charge is 0.507 e. The molecule has 2 amide bonds. The van der Waals surface area contributed by atoms with Gasteiger partial charge in [0.2, 0.25) is 5.91 Å². The van der Waals surface area contributed by atoms with Gasteiger partial charge < -0.3 is 31.3 Å². The molecule has 1 heterocycles. The molecule has 0 spiro atoms. The number of carbonyl (C=O) groups excluding carboxylic acids is 2. The molecule has 0 bridgehead atoms. The van der Waals surface area contributed by atoms with E-state index in [0.29, 0.717) is 54.7 Å². The van der Waals surface area contributed by atoms with E-state index < -0.39 is 17.4 Å². The molecule has 43 heavy (non-hydrogen) atoms. The predicted molar refractivity (Wildman–Crippen MR) is 163 cm³/mol. The molecule has 0 aliphatic heterocycles. The van der Waals surface area contributed by atoms with Crippen LogP contribution in [0.1, 0.15) is 66.9 Å². The fourth-order valence-electron chi connectivity index (χ4n) is 5.51. The Hall–Kier alpha value is -4.86. The number of carboxylic acids is 1. The SMILES string of the molecule is CC/C=C(/Nc1ccc(CC(NC(=O)C2(CCNC(=O)c3ccncc3)CCCC2)C(=O)O)cc1)c1c(O)cccc1O. The summed E-state index contributed by atoms with van der Waals surface area (Å²) in [5, 5.41) is 39.4. The van der Waals surface area contributed by atoms with Crippen molar-refractivity contribution in [2.24, 2.45) is 5.41 Å². The maximum Gasteiger partial charge on any atom is 0.326 e. The number of hydrogen-bond acceptors (Lipinski definition) is 7. The molecule has 10 nitrogen and oxygen atoms in total. The highest BCUT2D eigenvalue weighted by Gasteiger charge is 2.42. The monoisotopic (exact) mass is 586 g/mol. The molecule has 0 saturated heterocycles. The normalized spacial score (nSPS) is 15.0. The van der Waals surface area contributed by atoms with E-state index in [1.54, 1.807) is 54.9 Å². The average molecular weight is 587 g/mol. The van der Waals surface area contributed by atoms with E-state index in [1.165, 1.54) is 12.1 Å². The van der Waals surface area contributed by atoms with Crippen molar-refractivity contribution in [3.63, 3.8) is 0 Å². The van der Waals surface area contributed by atoms with Crippen molar-refractivity contribution in [1.82, 2.24) is 15.6 Å². The van der Waals surface area contributed by atoms with Crippen LogP contribution in [0.5, 0.6) is 11.5 Å². The summed E-state index contributed by atoms with van der Waals surface area (Å²) in [6.45, 7) is 2.24. The van der Waals surface area contributed by atoms with Crippen LogP contribution in [-0.4, -0.2) is 50.7 Å². The van der Waals surface area contributed by atoms with Crippen LogP contribution in [0.3, 0.4) is 0 Å². The van der Waals surface area contributed by atoms with E-state index in [1.807, 2.05) is 13.0 Å². The van der Waals surface area contributed by atoms with Crippen molar-refractivity contribution in [3.8, 4) is 11.5 Å². The number of carbonyl (C=O) groups is 3. The van der Waals surface area contributed by atoms with Crippen LogP contribution in [0.4, 0.5) is 5.69 Å². The summed E-state index contributed by atoms with van der Waals surface area (Å²) in [5.74, 6) is -1.78. The number of amides is 2. The molecular weight excluding hydrogens is 548 g/mol. The first kappa shape index (κ1) is 31.1. The number of aromatic nitrogens is 1. The van der Waals surface area contributed by atoms with Crippen LogP contribution in [-0.2, 0) is 16.0 Å². The lowest BCUT2D eigenvalue weighted by molar-refractivity contribution is -0.144. The molecule has 3 aromatic rings. The number of benzene rings is 2. The van der Waals surface area contributed by atoms with Crippen molar-refractivity contribution in [2.45, 2.75) is 57.9 Å². The second kappa shape index (κ2) is 14.4. The van der Waals surface area contributed by atoms with E-state index in [0.717, 1.165) is 18.4 Å². The standard InChI is InChI=1S/C33H38N4O6/c1-2-6-25(29-27(38)7-5-8-28(29)39)36-24-11-9-22(10-12-24)21-26(31(41)42)37-32(43)33(15-3-4-16-33)17-20-35-30(40)23-13-18-34-19-14-23/h5-14,18-19,26,36,38-39H,2-4,15-17,20-21H2,1H3,(H,35,40)(H,37,43)(H,41,42)/b25-6+. The Kier molecular flexibility index (Phi) is 10.4. The number of rotatable bonds is 13. The predicted octanol–water partition coefficient (Wildman–Crippen LogP) is 4.85. The highest BCUT2D eigenvalue weighted by atomic mass is 16.4. The van der Waals surface area contributed by atoms with Gasteiger partial charge in [-0.15, -0.1) is 0 Å². The summed E-state index contributed by atoms with van der Waals surface area (Å²) in [6.07, 6.45) is 9.11. The van der Waals surface area contributed by atoms with Gasteiger partial charge in [0.1, 0.15) is 17.5 Å². The summed E-state index contributed by atoms with van der Waals surface area (Å²) in [6, 6.07) is 13.8. The average Bonchev–Trinajstić information content (AvgIpc) is 3.48. The Balaban J connectivity index is 1.39. The second-order valence-corrected chi connectivity index (χ2v) is 10.8. The Morgan fingerprint density at radius 3 is 2.23 bits per heavy atom. The number of aliphatic carboxylic acids is 1. The van der Waals surface area contributed by atoms with E-state index in [-0.39, 0.29) is 29.7 Å². The smallest absolute Gasteiger partial charge is 0.326 e. The molecule has 1 aliphatic rings. The quantitative estimate of drug-likeness (QED) is 0.166. The summed E-state index contributed by atoms with van der Waals surface area (Å²) in [5.41, 5.74) is 1.99. The highest BCUT2D eigenvalue weighted by molar-refractivity contribution is 5.94. The molecule has 6 N–H and O–H groups in total. The van der Waals surface area contributed by atoms with Gasteiger partial charge in [-0.05, 0) is 67.6 Å². The summed E-state index contributed by atoms with van der Waals surface area (Å²) in [4.78, 5) is 42.0. The number of phenolic OH excluding ortho intramolecular Hbond substituents is 2. The number of anilines is 1. The number of allylic oxidation sites excluding steroid dienone is 1.